The molecule has 0 heterocycles. The predicted octanol–water partition coefficient (Wildman–Crippen LogP) is -6.57. The summed E-state index contributed by atoms with van der Waals surface area (Å²) in [7, 11) is 0. The fourth-order valence-corrected chi connectivity index (χ4v) is 3.12. The number of hydrogen-bond acceptors (Lipinski definition) is 12. The van der Waals surface area contributed by atoms with E-state index in [1.54, 1.807) is 5.43 Å². The van der Waals surface area contributed by atoms with Crippen LogP contribution in [0.15, 0.2) is 0 Å². The number of hydrogen-bond donors (Lipinski definition) is 12. The van der Waals surface area contributed by atoms with E-state index < -0.39 is 77.8 Å². The Hall–Kier alpha value is -4.89. The second-order valence-corrected chi connectivity index (χ2v) is 8.23. The van der Waals surface area contributed by atoms with Gasteiger partial charge in [0.1, 0.15) is 18.1 Å². The second kappa shape index (κ2) is 19.2. The van der Waals surface area contributed by atoms with Crippen LogP contribution >= 0.6 is 0 Å². The second-order valence-electron chi connectivity index (χ2n) is 8.23. The Morgan fingerprint density at radius 1 is 0.537 bits per heavy atom. The number of nitrogens with one attached hydrogen (secondary N) is 7. The third-order valence-corrected chi connectivity index (χ3v) is 5.27. The van der Waals surface area contributed by atoms with E-state index in [-0.39, 0.29) is 45.1 Å². The van der Waals surface area contributed by atoms with Crippen molar-refractivity contribution in [1.29, 1.82) is 0 Å². The smallest absolute Gasteiger partial charge is 0.394 e. The van der Waals surface area contributed by atoms with Gasteiger partial charge < -0.3 is 31.5 Å². The van der Waals surface area contributed by atoms with Crippen molar-refractivity contribution >= 4 is 53.3 Å². The number of rotatable bonds is 17. The van der Waals surface area contributed by atoms with Gasteiger partial charge in [0, 0.05) is 19.4 Å². The molecule has 0 aromatic heterocycles. The fourth-order valence-electron chi connectivity index (χ4n) is 3.12. The molecule has 0 aromatic carbocycles. The summed E-state index contributed by atoms with van der Waals surface area (Å²) < 4.78 is 0. The molecule has 0 radical (unpaired) electrons. The predicted molar refractivity (Wildman–Crippen MR) is 133 cm³/mol. The van der Waals surface area contributed by atoms with Gasteiger partial charge in [-0.2, -0.15) is 0 Å². The summed E-state index contributed by atoms with van der Waals surface area (Å²) in [6, 6.07) is -4.44. The van der Waals surface area contributed by atoms with Gasteiger partial charge in [-0.05, 0) is 32.1 Å². The van der Waals surface area contributed by atoms with Gasteiger partial charge in [0.2, 0.25) is 23.6 Å². The number of unbranched alkanes of at least 4 members (excludes halogenated alkanes) is 1. The van der Waals surface area contributed by atoms with Crippen molar-refractivity contribution in [2.75, 3.05) is 6.54 Å². The molecule has 15 N–H and O–H groups in total. The van der Waals surface area contributed by atoms with Gasteiger partial charge >= 0.3 is 23.8 Å². The largest absolute Gasteiger partial charge is 0.474 e. The van der Waals surface area contributed by atoms with Gasteiger partial charge in [-0.3, -0.25) is 49.8 Å². The van der Waals surface area contributed by atoms with Crippen molar-refractivity contribution in [2.45, 2.75) is 63.1 Å². The van der Waals surface area contributed by atoms with Crippen molar-refractivity contribution in [1.82, 2.24) is 37.5 Å². The van der Waals surface area contributed by atoms with Crippen molar-refractivity contribution in [3.8, 4) is 0 Å². The molecule has 41 heavy (non-hydrogen) atoms. The average Bonchev–Trinajstić information content (AvgIpc) is 2.94. The lowest BCUT2D eigenvalue weighted by molar-refractivity contribution is -0.151. The first-order valence-electron chi connectivity index (χ1n) is 11.9. The maximum atomic E-state index is 13.0. The normalized spacial score (nSPS) is 12.4. The number of amides is 7. The van der Waals surface area contributed by atoms with Crippen LogP contribution in [0.4, 0.5) is 0 Å². The van der Waals surface area contributed by atoms with Gasteiger partial charge in [-0.15, -0.1) is 0 Å². The highest BCUT2D eigenvalue weighted by atomic mass is 16.4. The van der Waals surface area contributed by atoms with Crippen molar-refractivity contribution in [3.63, 3.8) is 0 Å². The molecule has 7 amide bonds. The first-order valence-corrected chi connectivity index (χ1v) is 11.9. The summed E-state index contributed by atoms with van der Waals surface area (Å²) in [6.07, 6.45) is -1.35. The maximum Gasteiger partial charge on any atom is 0.394 e. The van der Waals surface area contributed by atoms with E-state index in [0.717, 1.165) is 0 Å². The number of aliphatic carboxylic acids is 2. The van der Waals surface area contributed by atoms with E-state index in [1.807, 2.05) is 16.2 Å². The first kappa shape index (κ1) is 36.1. The van der Waals surface area contributed by atoms with Crippen LogP contribution in [0.2, 0.25) is 0 Å². The fraction of sp³-hybridized carbons (Fsp3) is 0.550. The highest BCUT2D eigenvalue weighted by Crippen LogP contribution is 2.06. The van der Waals surface area contributed by atoms with E-state index in [9.17, 15) is 43.2 Å². The molecule has 21 nitrogen and oxygen atoms in total. The van der Waals surface area contributed by atoms with Crippen molar-refractivity contribution in [3.05, 3.63) is 0 Å². The molecule has 0 saturated carbocycles. The molecule has 230 valence electrons. The zero-order chi connectivity index (χ0) is 31.5. The summed E-state index contributed by atoms with van der Waals surface area (Å²) in [5.74, 6) is 4.34. The van der Waals surface area contributed by atoms with Crippen molar-refractivity contribution in [2.24, 2.45) is 17.5 Å². The molecule has 0 aliphatic heterocycles. The molecule has 0 spiro atoms. The third kappa shape index (κ3) is 14.7. The molecule has 0 bridgehead atoms. The van der Waals surface area contributed by atoms with E-state index >= 15 is 0 Å². The maximum absolute atomic E-state index is 13.0. The van der Waals surface area contributed by atoms with Crippen LogP contribution in [0.25, 0.3) is 0 Å². The number of carbonyl (C=O) groups is 9. The highest BCUT2D eigenvalue weighted by Gasteiger charge is 2.31. The molecule has 0 aliphatic rings. The summed E-state index contributed by atoms with van der Waals surface area (Å²) in [6.45, 7) is -0.113. The summed E-state index contributed by atoms with van der Waals surface area (Å²) in [4.78, 5) is 106. The average molecular weight is 591 g/mol. The highest BCUT2D eigenvalue weighted by molar-refractivity contribution is 6.32. The quantitative estimate of drug-likeness (QED) is 0.0246. The van der Waals surface area contributed by atoms with E-state index in [2.05, 4.69) is 16.0 Å². The first-order chi connectivity index (χ1) is 19.3. The van der Waals surface area contributed by atoms with E-state index in [0.29, 0.717) is 0 Å². The number of carboxylic acids is 2. The summed E-state index contributed by atoms with van der Waals surface area (Å²) in [5, 5.41) is 26.0. The molecule has 3 atom stereocenters. The lowest BCUT2D eigenvalue weighted by atomic mass is 10.0. The topological polar surface area (TPSA) is 356 Å². The Balaban J connectivity index is 5.69. The Labute approximate surface area is 231 Å². The molecule has 0 aliphatic carbocycles. The van der Waals surface area contributed by atoms with Crippen molar-refractivity contribution < 1.29 is 53.4 Å². The molecular formula is C20H34N10O11. The van der Waals surface area contributed by atoms with Gasteiger partial charge in [0.25, 0.3) is 5.91 Å². The van der Waals surface area contributed by atoms with E-state index in [4.69, 9.17) is 27.7 Å². The Morgan fingerprint density at radius 3 is 1.39 bits per heavy atom. The monoisotopic (exact) mass is 590 g/mol. The van der Waals surface area contributed by atoms with Crippen LogP contribution < -0.4 is 55.1 Å². The van der Waals surface area contributed by atoms with Crippen LogP contribution in [0.1, 0.15) is 44.9 Å². The molecule has 0 rings (SSSR count). The Kier molecular flexibility index (Phi) is 16.9. The minimum Gasteiger partial charge on any atom is -0.474 e. The Morgan fingerprint density at radius 2 is 0.976 bits per heavy atom. The minimum absolute atomic E-state index is 0.0757. The van der Waals surface area contributed by atoms with Gasteiger partial charge in [-0.25, -0.2) is 27.1 Å². The van der Waals surface area contributed by atoms with E-state index in [1.165, 1.54) is 0 Å². The van der Waals surface area contributed by atoms with Gasteiger partial charge in [0.15, 0.2) is 0 Å². The molecule has 0 aromatic rings. The number of carboxylic acid groups (broad SMARTS) is 2. The number of hydrazine groups is 3. The van der Waals surface area contributed by atoms with Gasteiger partial charge in [0.05, 0.1) is 0 Å². The lowest BCUT2D eigenvalue weighted by Gasteiger charge is -2.25. The standard InChI is InChI=1S/C20H34N10O11/c21-28-12(31)6-4-10(15(34)26-11(16(35)30-23)5-7-13(32)29-22)25-14(33)9(27-18(37)20(40)41)3-1-2-8-24-17(36)19(38)39/h9-11H,1-8,21-23H2,(H,24,36)(H,25,33)(H,26,34)(H,27,37)(H,28,31)(H,29,32)(H,30,35)(H,38,39)(H,40,41)/t9-,10-,11-/m0/s1. The zero-order valence-electron chi connectivity index (χ0n) is 21.7. The van der Waals surface area contributed by atoms with Crippen LogP contribution in [0, 0.1) is 0 Å². The SMILES string of the molecule is NNC(=O)CC[C@H](NC(=O)[C@H](CCC(=O)NN)NC(=O)[C@H](CCCCNC(=O)C(=O)O)NC(=O)C(=O)O)C(=O)NN. The molecule has 21 heteroatoms. The molecule has 0 fully saturated rings. The van der Waals surface area contributed by atoms with Crippen LogP contribution in [0.3, 0.4) is 0 Å². The lowest BCUT2D eigenvalue weighted by Crippen LogP contribution is -2.57. The summed E-state index contributed by atoms with van der Waals surface area (Å²) in [5.41, 5.74) is 5.47. The Bertz CT molecular complexity index is 1010. The number of nitrogens with two attached hydrogens (primary N) is 3. The van der Waals surface area contributed by atoms with Crippen LogP contribution in [-0.4, -0.2) is 88.2 Å². The molecule has 0 saturated heterocycles. The molecule has 0 unspecified atom stereocenters. The minimum atomic E-state index is -1.91. The summed E-state index contributed by atoms with van der Waals surface area (Å²) >= 11 is 0. The molecular weight excluding hydrogens is 556 g/mol. The van der Waals surface area contributed by atoms with Gasteiger partial charge in [-0.1, -0.05) is 0 Å². The van der Waals surface area contributed by atoms with Crippen LogP contribution in [0.5, 0.6) is 0 Å². The zero-order valence-corrected chi connectivity index (χ0v) is 21.7. The third-order valence-electron chi connectivity index (χ3n) is 5.27. The number of carbonyl (C=O) groups excluding carboxylic acids is 7. The van der Waals surface area contributed by atoms with Crippen LogP contribution in [-0.2, 0) is 43.2 Å².